The van der Waals surface area contributed by atoms with E-state index in [9.17, 15) is 4.39 Å². The summed E-state index contributed by atoms with van der Waals surface area (Å²) in [6, 6.07) is 6.48. The molecule has 5 heteroatoms. The number of piperazine rings is 1. The molecule has 23 heavy (non-hydrogen) atoms. The van der Waals surface area contributed by atoms with Crippen molar-refractivity contribution in [1.29, 1.82) is 0 Å². The summed E-state index contributed by atoms with van der Waals surface area (Å²) >= 11 is 0. The summed E-state index contributed by atoms with van der Waals surface area (Å²) in [5, 5.41) is 3.39. The van der Waals surface area contributed by atoms with E-state index in [2.05, 4.69) is 10.2 Å². The molecule has 0 bridgehead atoms. The van der Waals surface area contributed by atoms with Gasteiger partial charge in [0.1, 0.15) is 11.6 Å². The maximum Gasteiger partial charge on any atom is 0.161 e. The lowest BCUT2D eigenvalue weighted by atomic mass is 9.95. The number of halogens is 1. The van der Waals surface area contributed by atoms with Crippen LogP contribution < -0.4 is 10.2 Å². The van der Waals surface area contributed by atoms with Crippen molar-refractivity contribution in [3.8, 4) is 11.4 Å². The van der Waals surface area contributed by atoms with Crippen LogP contribution in [0.25, 0.3) is 11.4 Å². The zero-order chi connectivity index (χ0) is 15.6. The van der Waals surface area contributed by atoms with Gasteiger partial charge in [-0.1, -0.05) is 0 Å². The van der Waals surface area contributed by atoms with Gasteiger partial charge >= 0.3 is 0 Å². The number of hydrogen-bond donors (Lipinski definition) is 1. The highest BCUT2D eigenvalue weighted by Gasteiger charge is 2.23. The molecule has 0 atom stereocenters. The van der Waals surface area contributed by atoms with Gasteiger partial charge < -0.3 is 10.2 Å². The number of fused-ring (bicyclic) bond motifs is 1. The van der Waals surface area contributed by atoms with Crippen molar-refractivity contribution in [2.24, 2.45) is 0 Å². The van der Waals surface area contributed by atoms with E-state index in [1.807, 2.05) is 0 Å². The molecule has 1 saturated heterocycles. The Morgan fingerprint density at radius 1 is 0.957 bits per heavy atom. The van der Waals surface area contributed by atoms with Crippen LogP contribution in [0.1, 0.15) is 24.1 Å². The van der Waals surface area contributed by atoms with Gasteiger partial charge in [0, 0.05) is 43.0 Å². The van der Waals surface area contributed by atoms with Gasteiger partial charge in [0.15, 0.2) is 5.82 Å². The minimum atomic E-state index is -0.228. The maximum absolute atomic E-state index is 13.2. The van der Waals surface area contributed by atoms with Crippen LogP contribution in [0, 0.1) is 5.82 Å². The summed E-state index contributed by atoms with van der Waals surface area (Å²) in [4.78, 5) is 12.0. The Morgan fingerprint density at radius 3 is 2.48 bits per heavy atom. The lowest BCUT2D eigenvalue weighted by Crippen LogP contribution is -2.44. The monoisotopic (exact) mass is 312 g/mol. The maximum atomic E-state index is 13.2. The Hall–Kier alpha value is -2.01. The smallest absolute Gasteiger partial charge is 0.161 e. The second kappa shape index (κ2) is 6.24. The SMILES string of the molecule is Fc1ccc(-c2nc3c(c(N4CCNCC4)n2)CCCC3)cc1. The molecule has 1 aromatic carbocycles. The van der Waals surface area contributed by atoms with Gasteiger partial charge in [0.25, 0.3) is 0 Å². The first-order chi connectivity index (χ1) is 11.3. The predicted molar refractivity (Wildman–Crippen MR) is 89.2 cm³/mol. The van der Waals surface area contributed by atoms with Crippen molar-refractivity contribution in [2.45, 2.75) is 25.7 Å². The number of anilines is 1. The van der Waals surface area contributed by atoms with Crippen LogP contribution in [0.4, 0.5) is 10.2 Å². The van der Waals surface area contributed by atoms with E-state index < -0.39 is 0 Å². The van der Waals surface area contributed by atoms with E-state index in [0.29, 0.717) is 0 Å². The summed E-state index contributed by atoms with van der Waals surface area (Å²) in [6.07, 6.45) is 4.49. The van der Waals surface area contributed by atoms with Crippen molar-refractivity contribution in [1.82, 2.24) is 15.3 Å². The summed E-state index contributed by atoms with van der Waals surface area (Å²) < 4.78 is 13.2. The Kier molecular flexibility index (Phi) is 3.95. The van der Waals surface area contributed by atoms with Gasteiger partial charge in [-0.25, -0.2) is 14.4 Å². The fourth-order valence-corrected chi connectivity index (χ4v) is 3.44. The average molecular weight is 312 g/mol. The van der Waals surface area contributed by atoms with Gasteiger partial charge in [-0.15, -0.1) is 0 Å². The number of nitrogens with zero attached hydrogens (tertiary/aromatic N) is 3. The molecular weight excluding hydrogens is 291 g/mol. The molecule has 2 aromatic rings. The van der Waals surface area contributed by atoms with Crippen LogP contribution in [0.2, 0.25) is 0 Å². The molecule has 1 aromatic heterocycles. The number of hydrogen-bond acceptors (Lipinski definition) is 4. The number of aromatic nitrogens is 2. The van der Waals surface area contributed by atoms with Crippen LogP contribution >= 0.6 is 0 Å². The molecule has 0 radical (unpaired) electrons. The number of aryl methyl sites for hydroxylation is 1. The molecule has 2 aliphatic rings. The topological polar surface area (TPSA) is 41.1 Å². The Morgan fingerprint density at radius 2 is 1.70 bits per heavy atom. The normalized spacial score (nSPS) is 17.9. The summed E-state index contributed by atoms with van der Waals surface area (Å²) in [7, 11) is 0. The predicted octanol–water partition coefficient (Wildman–Crippen LogP) is 2.57. The molecular formula is C18H21FN4. The minimum Gasteiger partial charge on any atom is -0.354 e. The average Bonchev–Trinajstić information content (AvgIpc) is 2.62. The largest absolute Gasteiger partial charge is 0.354 e. The molecule has 1 fully saturated rings. The van der Waals surface area contributed by atoms with E-state index in [4.69, 9.17) is 9.97 Å². The molecule has 4 nitrogen and oxygen atoms in total. The Bertz CT molecular complexity index is 693. The number of benzene rings is 1. The summed E-state index contributed by atoms with van der Waals surface area (Å²) in [6.45, 7) is 3.94. The van der Waals surface area contributed by atoms with Crippen molar-refractivity contribution in [2.75, 3.05) is 31.1 Å². The van der Waals surface area contributed by atoms with E-state index in [0.717, 1.165) is 56.2 Å². The molecule has 0 unspecified atom stereocenters. The zero-order valence-electron chi connectivity index (χ0n) is 13.2. The van der Waals surface area contributed by atoms with Gasteiger partial charge in [-0.2, -0.15) is 0 Å². The quantitative estimate of drug-likeness (QED) is 0.925. The highest BCUT2D eigenvalue weighted by atomic mass is 19.1. The third kappa shape index (κ3) is 2.93. The Balaban J connectivity index is 1.79. The first kappa shape index (κ1) is 14.6. The standard InChI is InChI=1S/C18H21FN4/c19-14-7-5-13(6-8-14)17-21-16-4-2-1-3-15(16)18(22-17)23-11-9-20-10-12-23/h5-8,20H,1-4,9-12H2. The molecule has 1 aliphatic carbocycles. The molecule has 0 spiro atoms. The van der Waals surface area contributed by atoms with E-state index in [-0.39, 0.29) is 5.82 Å². The van der Waals surface area contributed by atoms with Crippen LogP contribution in [0.5, 0.6) is 0 Å². The first-order valence-electron chi connectivity index (χ1n) is 8.43. The second-order valence-corrected chi connectivity index (χ2v) is 6.25. The van der Waals surface area contributed by atoms with Gasteiger partial charge in [-0.3, -0.25) is 0 Å². The first-order valence-corrected chi connectivity index (χ1v) is 8.43. The van der Waals surface area contributed by atoms with Crippen LogP contribution in [0.15, 0.2) is 24.3 Å². The highest BCUT2D eigenvalue weighted by molar-refractivity contribution is 5.61. The second-order valence-electron chi connectivity index (χ2n) is 6.25. The highest BCUT2D eigenvalue weighted by Crippen LogP contribution is 2.30. The Labute approximate surface area is 135 Å². The summed E-state index contributed by atoms with van der Waals surface area (Å²) in [5.41, 5.74) is 3.39. The van der Waals surface area contributed by atoms with E-state index in [1.54, 1.807) is 12.1 Å². The van der Waals surface area contributed by atoms with E-state index in [1.165, 1.54) is 36.2 Å². The molecule has 120 valence electrons. The molecule has 0 saturated carbocycles. The number of rotatable bonds is 2. The van der Waals surface area contributed by atoms with Gasteiger partial charge in [0.2, 0.25) is 0 Å². The molecule has 1 N–H and O–H groups in total. The molecule has 4 rings (SSSR count). The van der Waals surface area contributed by atoms with Crippen molar-refractivity contribution in [3.63, 3.8) is 0 Å². The molecule has 2 heterocycles. The lowest BCUT2D eigenvalue weighted by Gasteiger charge is -2.32. The fourth-order valence-electron chi connectivity index (χ4n) is 3.44. The minimum absolute atomic E-state index is 0.228. The van der Waals surface area contributed by atoms with Crippen LogP contribution in [-0.4, -0.2) is 36.1 Å². The third-order valence-corrected chi connectivity index (χ3v) is 4.68. The van der Waals surface area contributed by atoms with Crippen molar-refractivity contribution in [3.05, 3.63) is 41.3 Å². The van der Waals surface area contributed by atoms with Crippen LogP contribution in [0.3, 0.4) is 0 Å². The molecule has 1 aliphatic heterocycles. The fraction of sp³-hybridized carbons (Fsp3) is 0.444. The number of nitrogens with one attached hydrogen (secondary N) is 1. The van der Waals surface area contributed by atoms with Gasteiger partial charge in [-0.05, 0) is 49.9 Å². The van der Waals surface area contributed by atoms with Crippen LogP contribution in [-0.2, 0) is 12.8 Å². The van der Waals surface area contributed by atoms with E-state index >= 15 is 0 Å². The van der Waals surface area contributed by atoms with Crippen molar-refractivity contribution < 1.29 is 4.39 Å². The molecule has 0 amide bonds. The zero-order valence-corrected chi connectivity index (χ0v) is 13.2. The van der Waals surface area contributed by atoms with Gasteiger partial charge in [0.05, 0.1) is 0 Å². The lowest BCUT2D eigenvalue weighted by molar-refractivity contribution is 0.577. The summed E-state index contributed by atoms with van der Waals surface area (Å²) in [5.74, 6) is 1.59. The third-order valence-electron chi connectivity index (χ3n) is 4.68. The van der Waals surface area contributed by atoms with Crippen molar-refractivity contribution >= 4 is 5.82 Å².